The van der Waals surface area contributed by atoms with E-state index in [1.54, 1.807) is 6.07 Å². The highest BCUT2D eigenvalue weighted by Crippen LogP contribution is 2.21. The fourth-order valence-corrected chi connectivity index (χ4v) is 1.27. The van der Waals surface area contributed by atoms with Crippen LogP contribution in [0.3, 0.4) is 0 Å². The molecule has 90 valence electrons. The summed E-state index contributed by atoms with van der Waals surface area (Å²) in [6.07, 6.45) is 0.901. The van der Waals surface area contributed by atoms with Crippen LogP contribution in [0.4, 0.5) is 4.39 Å². The van der Waals surface area contributed by atoms with Crippen LogP contribution in [0.5, 0.6) is 5.75 Å². The average Bonchev–Trinajstić information content (AvgIpc) is 2.14. The van der Waals surface area contributed by atoms with Crippen LogP contribution in [0.1, 0.15) is 32.8 Å². The molecule has 1 rings (SSSR count). The molecule has 0 radical (unpaired) electrons. The number of ether oxygens (including phenoxy) is 1. The minimum atomic E-state index is -0.377. The molecule has 0 atom stereocenters. The number of rotatable bonds is 4. The van der Waals surface area contributed by atoms with Crippen molar-refractivity contribution in [2.75, 3.05) is 6.61 Å². The first kappa shape index (κ1) is 13.0. The summed E-state index contributed by atoms with van der Waals surface area (Å²) in [6.45, 7) is 6.76. The van der Waals surface area contributed by atoms with Gasteiger partial charge < -0.3 is 9.84 Å². The molecule has 0 saturated heterocycles. The van der Waals surface area contributed by atoms with Crippen molar-refractivity contribution in [3.8, 4) is 5.75 Å². The summed E-state index contributed by atoms with van der Waals surface area (Å²) in [6, 6.07) is 4.30. The fourth-order valence-electron chi connectivity index (χ4n) is 1.27. The predicted octanol–water partition coefficient (Wildman–Crippen LogP) is 3.13. The third kappa shape index (κ3) is 4.62. The van der Waals surface area contributed by atoms with E-state index in [2.05, 4.69) is 20.8 Å². The minimum Gasteiger partial charge on any atom is -0.493 e. The van der Waals surface area contributed by atoms with Crippen LogP contribution in [-0.4, -0.2) is 11.7 Å². The molecule has 0 amide bonds. The van der Waals surface area contributed by atoms with Gasteiger partial charge in [-0.2, -0.15) is 0 Å². The number of halogens is 1. The standard InChI is InChI=1S/C13H19FO2/c1-13(2,3)4-5-16-12-7-10(9-15)6-11(14)8-12/h6-8,15H,4-5,9H2,1-3H3. The smallest absolute Gasteiger partial charge is 0.127 e. The molecular formula is C13H19FO2. The lowest BCUT2D eigenvalue weighted by Gasteiger charge is -2.18. The van der Waals surface area contributed by atoms with Crippen LogP contribution in [0, 0.1) is 11.2 Å². The first-order valence-corrected chi connectivity index (χ1v) is 5.44. The Balaban J connectivity index is 2.57. The molecule has 0 aliphatic carbocycles. The molecule has 0 heterocycles. The first-order valence-electron chi connectivity index (χ1n) is 5.44. The van der Waals surface area contributed by atoms with Crippen molar-refractivity contribution in [2.45, 2.75) is 33.8 Å². The van der Waals surface area contributed by atoms with Crippen LogP contribution in [0.2, 0.25) is 0 Å². The van der Waals surface area contributed by atoms with Crippen LogP contribution < -0.4 is 4.74 Å². The van der Waals surface area contributed by atoms with E-state index < -0.39 is 0 Å². The van der Waals surface area contributed by atoms with Crippen LogP contribution >= 0.6 is 0 Å². The van der Waals surface area contributed by atoms with Crippen molar-refractivity contribution < 1.29 is 14.2 Å². The van der Waals surface area contributed by atoms with Gasteiger partial charge in [-0.05, 0) is 29.5 Å². The molecule has 1 aromatic carbocycles. The maximum atomic E-state index is 13.1. The Bertz CT molecular complexity index is 342. The van der Waals surface area contributed by atoms with Crippen molar-refractivity contribution in [1.29, 1.82) is 0 Å². The third-order valence-electron chi connectivity index (χ3n) is 2.23. The highest BCUT2D eigenvalue weighted by atomic mass is 19.1. The largest absolute Gasteiger partial charge is 0.493 e. The molecule has 0 aliphatic rings. The van der Waals surface area contributed by atoms with E-state index in [0.717, 1.165) is 6.42 Å². The van der Waals surface area contributed by atoms with E-state index in [-0.39, 0.29) is 17.8 Å². The summed E-state index contributed by atoms with van der Waals surface area (Å²) in [4.78, 5) is 0. The maximum absolute atomic E-state index is 13.1. The summed E-state index contributed by atoms with van der Waals surface area (Å²) in [7, 11) is 0. The van der Waals surface area contributed by atoms with E-state index in [9.17, 15) is 4.39 Å². The van der Waals surface area contributed by atoms with Crippen molar-refractivity contribution in [3.63, 3.8) is 0 Å². The summed E-state index contributed by atoms with van der Waals surface area (Å²) < 4.78 is 18.5. The lowest BCUT2D eigenvalue weighted by Crippen LogP contribution is -2.11. The molecule has 0 fully saturated rings. The molecule has 0 bridgehead atoms. The second-order valence-electron chi connectivity index (χ2n) is 5.11. The van der Waals surface area contributed by atoms with Gasteiger partial charge >= 0.3 is 0 Å². The highest BCUT2D eigenvalue weighted by molar-refractivity contribution is 5.29. The quantitative estimate of drug-likeness (QED) is 0.854. The van der Waals surface area contributed by atoms with Gasteiger partial charge in [-0.15, -0.1) is 0 Å². The van der Waals surface area contributed by atoms with Crippen LogP contribution in [0.15, 0.2) is 18.2 Å². The lowest BCUT2D eigenvalue weighted by molar-refractivity contribution is 0.240. The van der Waals surface area contributed by atoms with Crippen molar-refractivity contribution in [2.24, 2.45) is 5.41 Å². The molecule has 16 heavy (non-hydrogen) atoms. The van der Waals surface area contributed by atoms with Crippen molar-refractivity contribution >= 4 is 0 Å². The topological polar surface area (TPSA) is 29.5 Å². The summed E-state index contributed by atoms with van der Waals surface area (Å²) in [5.41, 5.74) is 0.735. The van der Waals surface area contributed by atoms with Crippen LogP contribution in [0.25, 0.3) is 0 Å². The van der Waals surface area contributed by atoms with Gasteiger partial charge in [-0.1, -0.05) is 20.8 Å². The molecule has 2 nitrogen and oxygen atoms in total. The van der Waals surface area contributed by atoms with Gasteiger partial charge in [0.2, 0.25) is 0 Å². The summed E-state index contributed by atoms with van der Waals surface area (Å²) in [5, 5.41) is 8.92. The van der Waals surface area contributed by atoms with Gasteiger partial charge in [0.1, 0.15) is 11.6 Å². The molecule has 0 unspecified atom stereocenters. The van der Waals surface area contributed by atoms with Crippen molar-refractivity contribution in [3.05, 3.63) is 29.6 Å². The molecule has 0 aliphatic heterocycles. The number of benzene rings is 1. The average molecular weight is 226 g/mol. The first-order chi connectivity index (χ1) is 7.40. The molecule has 0 saturated carbocycles. The van der Waals surface area contributed by atoms with E-state index in [0.29, 0.717) is 17.9 Å². The zero-order valence-corrected chi connectivity index (χ0v) is 10.1. The normalized spacial score (nSPS) is 11.6. The molecule has 0 spiro atoms. The number of hydrogen-bond donors (Lipinski definition) is 1. The minimum absolute atomic E-state index is 0.173. The molecule has 0 aromatic heterocycles. The molecule has 1 aromatic rings. The van der Waals surface area contributed by atoms with E-state index in [1.807, 2.05) is 0 Å². The zero-order valence-electron chi connectivity index (χ0n) is 10.1. The van der Waals surface area contributed by atoms with Gasteiger partial charge in [0.15, 0.2) is 0 Å². The Hall–Kier alpha value is -1.09. The lowest BCUT2D eigenvalue weighted by atomic mass is 9.93. The summed E-state index contributed by atoms with van der Waals surface area (Å²) in [5.74, 6) is 0.102. The monoisotopic (exact) mass is 226 g/mol. The second kappa shape index (κ2) is 5.30. The number of aliphatic hydroxyl groups is 1. The molecule has 1 N–H and O–H groups in total. The van der Waals surface area contributed by atoms with Crippen molar-refractivity contribution in [1.82, 2.24) is 0 Å². The Morgan fingerprint density at radius 3 is 2.50 bits per heavy atom. The third-order valence-corrected chi connectivity index (χ3v) is 2.23. The van der Waals surface area contributed by atoms with Gasteiger partial charge in [-0.25, -0.2) is 4.39 Å². The maximum Gasteiger partial charge on any atom is 0.127 e. The Morgan fingerprint density at radius 1 is 1.25 bits per heavy atom. The second-order valence-corrected chi connectivity index (χ2v) is 5.11. The number of hydrogen-bond acceptors (Lipinski definition) is 2. The van der Waals surface area contributed by atoms with Gasteiger partial charge in [0.25, 0.3) is 0 Å². The Kier molecular flexibility index (Phi) is 4.30. The van der Waals surface area contributed by atoms with E-state index in [1.165, 1.54) is 12.1 Å². The van der Waals surface area contributed by atoms with Crippen LogP contribution in [-0.2, 0) is 6.61 Å². The number of aliphatic hydroxyl groups excluding tert-OH is 1. The van der Waals surface area contributed by atoms with E-state index in [4.69, 9.17) is 9.84 Å². The van der Waals surface area contributed by atoms with Gasteiger partial charge in [0, 0.05) is 6.07 Å². The fraction of sp³-hybridized carbons (Fsp3) is 0.538. The molecular weight excluding hydrogens is 207 g/mol. The predicted molar refractivity (Wildman–Crippen MR) is 61.9 cm³/mol. The summed E-state index contributed by atoms with van der Waals surface area (Å²) >= 11 is 0. The molecule has 3 heteroatoms. The highest BCUT2D eigenvalue weighted by Gasteiger charge is 2.10. The van der Waals surface area contributed by atoms with Gasteiger partial charge in [-0.3, -0.25) is 0 Å². The Morgan fingerprint density at radius 2 is 1.94 bits per heavy atom. The van der Waals surface area contributed by atoms with E-state index >= 15 is 0 Å². The Labute approximate surface area is 96.1 Å². The zero-order chi connectivity index (χ0) is 12.2. The van der Waals surface area contributed by atoms with Gasteiger partial charge in [0.05, 0.1) is 13.2 Å². The SMILES string of the molecule is CC(C)(C)CCOc1cc(F)cc(CO)c1.